The second-order valence-corrected chi connectivity index (χ2v) is 6.79. The first kappa shape index (κ1) is 11.0. The fraction of sp³-hybridized carbons (Fsp3) is 0.500. The zero-order valence-electron chi connectivity index (χ0n) is 9.52. The van der Waals surface area contributed by atoms with Crippen LogP contribution in [0.5, 0.6) is 0 Å². The summed E-state index contributed by atoms with van der Waals surface area (Å²) in [6.45, 7) is 0.670. The molecule has 1 aromatic carbocycles. The first-order valence-electron chi connectivity index (χ1n) is 5.98. The van der Waals surface area contributed by atoms with Crippen molar-refractivity contribution < 1.29 is 8.42 Å². The molecule has 2 aliphatic rings. The average molecular weight is 252 g/mol. The quantitative estimate of drug-likeness (QED) is 0.847. The standard InChI is InChI=1S/C12H16N2O2S/c15-17(16,11-5-6-11)14-10-7-9-3-1-2-4-12(9)13-8-10/h1-4,10-11,13-14H,5-8H2. The second-order valence-electron chi connectivity index (χ2n) is 4.80. The predicted octanol–water partition coefficient (Wildman–Crippen LogP) is 1.10. The lowest BCUT2D eigenvalue weighted by molar-refractivity contribution is 0.547. The predicted molar refractivity (Wildman–Crippen MR) is 67.5 cm³/mol. The van der Waals surface area contributed by atoms with Gasteiger partial charge in [0.25, 0.3) is 0 Å². The molecule has 1 unspecified atom stereocenters. The normalized spacial score (nSPS) is 23.9. The van der Waals surface area contributed by atoms with Gasteiger partial charge >= 0.3 is 0 Å². The van der Waals surface area contributed by atoms with Crippen LogP contribution < -0.4 is 10.0 Å². The van der Waals surface area contributed by atoms with E-state index in [0.29, 0.717) is 6.54 Å². The Morgan fingerprint density at radius 2 is 2.00 bits per heavy atom. The van der Waals surface area contributed by atoms with Gasteiger partial charge in [0, 0.05) is 18.3 Å². The first-order chi connectivity index (χ1) is 8.15. The molecule has 1 aromatic rings. The summed E-state index contributed by atoms with van der Waals surface area (Å²) in [6, 6.07) is 8.02. The van der Waals surface area contributed by atoms with Crippen LogP contribution in [-0.4, -0.2) is 26.3 Å². The maximum atomic E-state index is 11.8. The van der Waals surface area contributed by atoms with Crippen molar-refractivity contribution in [1.29, 1.82) is 0 Å². The third-order valence-electron chi connectivity index (χ3n) is 3.32. The monoisotopic (exact) mass is 252 g/mol. The molecule has 0 bridgehead atoms. The molecule has 1 aliphatic heterocycles. The van der Waals surface area contributed by atoms with Crippen LogP contribution in [0.3, 0.4) is 0 Å². The lowest BCUT2D eigenvalue weighted by atomic mass is 10.0. The third-order valence-corrected chi connectivity index (χ3v) is 5.33. The van der Waals surface area contributed by atoms with E-state index in [1.54, 1.807) is 0 Å². The zero-order valence-corrected chi connectivity index (χ0v) is 10.3. The first-order valence-corrected chi connectivity index (χ1v) is 7.53. The Morgan fingerprint density at radius 3 is 2.76 bits per heavy atom. The molecule has 1 atom stereocenters. The van der Waals surface area contributed by atoms with Gasteiger partial charge < -0.3 is 5.32 Å². The van der Waals surface area contributed by atoms with Gasteiger partial charge in [-0.25, -0.2) is 13.1 Å². The van der Waals surface area contributed by atoms with Crippen LogP contribution in [-0.2, 0) is 16.4 Å². The van der Waals surface area contributed by atoms with Crippen LogP contribution in [0.4, 0.5) is 5.69 Å². The SMILES string of the molecule is O=S(=O)(NC1CNc2ccccc2C1)C1CC1. The number of hydrogen-bond donors (Lipinski definition) is 2. The van der Waals surface area contributed by atoms with Gasteiger partial charge in [-0.15, -0.1) is 0 Å². The van der Waals surface area contributed by atoms with E-state index in [1.807, 2.05) is 24.3 Å². The summed E-state index contributed by atoms with van der Waals surface area (Å²) in [5.74, 6) is 0. The Morgan fingerprint density at radius 1 is 1.24 bits per heavy atom. The van der Waals surface area contributed by atoms with Gasteiger partial charge in [0.2, 0.25) is 10.0 Å². The molecule has 92 valence electrons. The molecule has 17 heavy (non-hydrogen) atoms. The van der Waals surface area contributed by atoms with Crippen LogP contribution in [0, 0.1) is 0 Å². The number of rotatable bonds is 3. The van der Waals surface area contributed by atoms with Crippen molar-refractivity contribution in [1.82, 2.24) is 4.72 Å². The van der Waals surface area contributed by atoms with Gasteiger partial charge in [-0.1, -0.05) is 18.2 Å². The zero-order chi connectivity index (χ0) is 11.9. The van der Waals surface area contributed by atoms with Gasteiger partial charge in [0.05, 0.1) is 5.25 Å². The van der Waals surface area contributed by atoms with Gasteiger partial charge in [-0.2, -0.15) is 0 Å². The summed E-state index contributed by atoms with van der Waals surface area (Å²) in [5.41, 5.74) is 2.30. The van der Waals surface area contributed by atoms with Crippen molar-refractivity contribution in [2.45, 2.75) is 30.6 Å². The smallest absolute Gasteiger partial charge is 0.214 e. The van der Waals surface area contributed by atoms with Crippen molar-refractivity contribution in [3.05, 3.63) is 29.8 Å². The molecule has 0 saturated heterocycles. The second kappa shape index (κ2) is 3.99. The Labute approximate surface area is 101 Å². The third kappa shape index (κ3) is 2.30. The maximum Gasteiger partial charge on any atom is 0.214 e. The molecule has 1 aliphatic carbocycles. The van der Waals surface area contributed by atoms with E-state index in [1.165, 1.54) is 5.56 Å². The minimum Gasteiger partial charge on any atom is -0.383 e. The minimum absolute atomic E-state index is 0.0181. The van der Waals surface area contributed by atoms with Crippen LogP contribution in [0.25, 0.3) is 0 Å². The number of para-hydroxylation sites is 1. The molecule has 1 heterocycles. The van der Waals surface area contributed by atoms with Crippen LogP contribution in [0.15, 0.2) is 24.3 Å². The summed E-state index contributed by atoms with van der Waals surface area (Å²) < 4.78 is 26.5. The van der Waals surface area contributed by atoms with Crippen molar-refractivity contribution in [2.75, 3.05) is 11.9 Å². The van der Waals surface area contributed by atoms with Crippen molar-refractivity contribution in [2.24, 2.45) is 0 Å². The Hall–Kier alpha value is -1.07. The van der Waals surface area contributed by atoms with E-state index in [0.717, 1.165) is 24.9 Å². The Balaban J connectivity index is 1.72. The largest absolute Gasteiger partial charge is 0.383 e. The van der Waals surface area contributed by atoms with Crippen LogP contribution in [0.2, 0.25) is 0 Å². The maximum absolute atomic E-state index is 11.8. The minimum atomic E-state index is -3.08. The highest BCUT2D eigenvalue weighted by molar-refractivity contribution is 7.90. The van der Waals surface area contributed by atoms with Crippen LogP contribution >= 0.6 is 0 Å². The Kier molecular flexibility index (Phi) is 2.60. The Bertz CT molecular complexity index is 523. The van der Waals surface area contributed by atoms with Crippen molar-refractivity contribution >= 4 is 15.7 Å². The molecule has 0 amide bonds. The molecule has 0 spiro atoms. The van der Waals surface area contributed by atoms with Gasteiger partial charge in [0.15, 0.2) is 0 Å². The van der Waals surface area contributed by atoms with E-state index in [9.17, 15) is 8.42 Å². The summed E-state index contributed by atoms with van der Waals surface area (Å²) in [6.07, 6.45) is 2.40. The van der Waals surface area contributed by atoms with Gasteiger partial charge in [-0.3, -0.25) is 0 Å². The number of fused-ring (bicyclic) bond motifs is 1. The van der Waals surface area contributed by atoms with E-state index in [4.69, 9.17) is 0 Å². The number of hydrogen-bond acceptors (Lipinski definition) is 3. The molecule has 5 heteroatoms. The van der Waals surface area contributed by atoms with Crippen LogP contribution in [0.1, 0.15) is 18.4 Å². The summed E-state index contributed by atoms with van der Waals surface area (Å²) in [5, 5.41) is 3.13. The number of benzene rings is 1. The highest BCUT2D eigenvalue weighted by Crippen LogP contribution is 2.28. The lowest BCUT2D eigenvalue weighted by Crippen LogP contribution is -2.44. The molecule has 1 saturated carbocycles. The number of anilines is 1. The lowest BCUT2D eigenvalue weighted by Gasteiger charge is -2.26. The molecule has 1 fully saturated rings. The molecule has 4 nitrogen and oxygen atoms in total. The van der Waals surface area contributed by atoms with E-state index < -0.39 is 10.0 Å². The average Bonchev–Trinajstić information content (AvgIpc) is 3.12. The molecular formula is C12H16N2O2S. The molecular weight excluding hydrogens is 236 g/mol. The number of nitrogens with one attached hydrogen (secondary N) is 2. The fourth-order valence-electron chi connectivity index (χ4n) is 2.23. The molecule has 0 radical (unpaired) electrons. The molecule has 2 N–H and O–H groups in total. The van der Waals surface area contributed by atoms with E-state index >= 15 is 0 Å². The van der Waals surface area contributed by atoms with E-state index in [-0.39, 0.29) is 11.3 Å². The highest BCUT2D eigenvalue weighted by Gasteiger charge is 2.37. The summed E-state index contributed by atoms with van der Waals surface area (Å²) in [7, 11) is -3.08. The topological polar surface area (TPSA) is 58.2 Å². The van der Waals surface area contributed by atoms with Crippen molar-refractivity contribution in [3.8, 4) is 0 Å². The van der Waals surface area contributed by atoms with E-state index in [2.05, 4.69) is 10.0 Å². The van der Waals surface area contributed by atoms with Crippen molar-refractivity contribution in [3.63, 3.8) is 0 Å². The molecule has 0 aromatic heterocycles. The summed E-state index contributed by atoms with van der Waals surface area (Å²) >= 11 is 0. The van der Waals surface area contributed by atoms with Gasteiger partial charge in [0.1, 0.15) is 0 Å². The summed E-state index contributed by atoms with van der Waals surface area (Å²) in [4.78, 5) is 0. The highest BCUT2D eigenvalue weighted by atomic mass is 32.2. The van der Waals surface area contributed by atoms with Gasteiger partial charge in [-0.05, 0) is 30.9 Å². The fourth-order valence-corrected chi connectivity index (χ4v) is 3.81. The number of sulfonamides is 1. The molecule has 3 rings (SSSR count).